The fourth-order valence-electron chi connectivity index (χ4n) is 3.01. The smallest absolute Gasteiger partial charge is 0.325 e. The van der Waals surface area contributed by atoms with Gasteiger partial charge in [0.05, 0.1) is 11.3 Å². The molecule has 2 aromatic carbocycles. The monoisotopic (exact) mass is 448 g/mol. The van der Waals surface area contributed by atoms with Gasteiger partial charge in [0.15, 0.2) is 11.0 Å². The molecule has 3 aromatic rings. The maximum absolute atomic E-state index is 12.8. The molecule has 1 aromatic heterocycles. The summed E-state index contributed by atoms with van der Waals surface area (Å²) in [6.07, 6.45) is -4.46. The molecule has 3 rings (SSSR count). The number of aromatic nitrogens is 3. The van der Waals surface area contributed by atoms with Gasteiger partial charge in [-0.2, -0.15) is 13.2 Å². The number of nitrogens with one attached hydrogen (secondary N) is 1. The first kappa shape index (κ1) is 22.9. The molecule has 1 amide bonds. The van der Waals surface area contributed by atoms with Gasteiger partial charge in [-0.15, -0.1) is 10.2 Å². The van der Waals surface area contributed by atoms with E-state index in [9.17, 15) is 18.0 Å². The van der Waals surface area contributed by atoms with E-state index in [4.69, 9.17) is 0 Å². The summed E-state index contributed by atoms with van der Waals surface area (Å²) in [6, 6.07) is 12.7. The van der Waals surface area contributed by atoms with Gasteiger partial charge in [0.25, 0.3) is 0 Å². The van der Waals surface area contributed by atoms with Crippen LogP contribution in [0.1, 0.15) is 37.8 Å². The van der Waals surface area contributed by atoms with E-state index in [1.807, 2.05) is 23.6 Å². The third-order valence-electron chi connectivity index (χ3n) is 4.67. The maximum Gasteiger partial charge on any atom is 0.416 e. The molecule has 0 bridgehead atoms. The minimum Gasteiger partial charge on any atom is -0.325 e. The Balaban J connectivity index is 1.67. The average Bonchev–Trinajstić information content (AvgIpc) is 3.15. The number of amides is 1. The van der Waals surface area contributed by atoms with Crippen molar-refractivity contribution in [1.82, 2.24) is 14.8 Å². The van der Waals surface area contributed by atoms with Crippen LogP contribution in [0.5, 0.6) is 0 Å². The molecular weight excluding hydrogens is 425 g/mol. The van der Waals surface area contributed by atoms with Crippen molar-refractivity contribution in [1.29, 1.82) is 0 Å². The summed E-state index contributed by atoms with van der Waals surface area (Å²) in [7, 11) is 0. The fraction of sp³-hybridized carbons (Fsp3) is 0.318. The summed E-state index contributed by atoms with van der Waals surface area (Å²) < 4.78 is 40.4. The molecule has 9 heteroatoms. The zero-order chi connectivity index (χ0) is 22.6. The fourth-order valence-corrected chi connectivity index (χ4v) is 3.81. The van der Waals surface area contributed by atoms with Gasteiger partial charge in [-0.3, -0.25) is 4.79 Å². The molecule has 0 aliphatic heterocycles. The third-order valence-corrected chi connectivity index (χ3v) is 5.64. The SMILES string of the molecule is CCn1c(SCC(=O)Nc2cccc(C(F)(F)F)c2)nnc1-c1ccc(C(C)C)cc1. The standard InChI is InChI=1S/C22H23F3N4OS/c1-4-29-20(16-10-8-15(9-11-16)14(2)3)27-28-21(29)31-13-19(30)26-18-7-5-6-17(12-18)22(23,24)25/h5-12,14H,4,13H2,1-3H3,(H,26,30). The average molecular weight is 449 g/mol. The first-order chi connectivity index (χ1) is 14.7. The van der Waals surface area contributed by atoms with Crippen LogP contribution in [0.15, 0.2) is 53.7 Å². The molecule has 1 heterocycles. The highest BCUT2D eigenvalue weighted by molar-refractivity contribution is 7.99. The molecule has 1 N–H and O–H groups in total. The summed E-state index contributed by atoms with van der Waals surface area (Å²) in [5, 5.41) is 11.5. The molecule has 164 valence electrons. The van der Waals surface area contributed by atoms with E-state index in [-0.39, 0.29) is 11.4 Å². The van der Waals surface area contributed by atoms with E-state index in [1.165, 1.54) is 29.5 Å². The van der Waals surface area contributed by atoms with Crippen molar-refractivity contribution in [2.45, 2.75) is 44.6 Å². The summed E-state index contributed by atoms with van der Waals surface area (Å²) in [6.45, 7) is 6.83. The van der Waals surface area contributed by atoms with Crippen LogP contribution in [0.3, 0.4) is 0 Å². The second kappa shape index (κ2) is 9.55. The van der Waals surface area contributed by atoms with Crippen LogP contribution in [0, 0.1) is 0 Å². The molecule has 0 radical (unpaired) electrons. The minimum absolute atomic E-state index is 0.000661. The lowest BCUT2D eigenvalue weighted by Gasteiger charge is -2.10. The Kier molecular flexibility index (Phi) is 7.04. The summed E-state index contributed by atoms with van der Waals surface area (Å²) in [5.41, 5.74) is 1.45. The van der Waals surface area contributed by atoms with Crippen molar-refractivity contribution in [3.05, 3.63) is 59.7 Å². The van der Waals surface area contributed by atoms with Crippen LogP contribution in [0.4, 0.5) is 18.9 Å². The van der Waals surface area contributed by atoms with Crippen LogP contribution < -0.4 is 5.32 Å². The van der Waals surface area contributed by atoms with Crippen LogP contribution in [-0.2, 0) is 17.5 Å². The van der Waals surface area contributed by atoms with E-state index < -0.39 is 17.6 Å². The largest absolute Gasteiger partial charge is 0.416 e. The molecule has 31 heavy (non-hydrogen) atoms. The number of rotatable bonds is 7. The van der Waals surface area contributed by atoms with Crippen LogP contribution in [-0.4, -0.2) is 26.4 Å². The van der Waals surface area contributed by atoms with Crippen molar-refractivity contribution in [3.63, 3.8) is 0 Å². The Morgan fingerprint density at radius 2 is 1.84 bits per heavy atom. The lowest BCUT2D eigenvalue weighted by Crippen LogP contribution is -2.15. The first-order valence-electron chi connectivity index (χ1n) is 9.82. The van der Waals surface area contributed by atoms with Gasteiger partial charge >= 0.3 is 6.18 Å². The Bertz CT molecular complexity index is 1050. The molecular formula is C22H23F3N4OS. The molecule has 0 aliphatic carbocycles. The molecule has 0 unspecified atom stereocenters. The number of nitrogens with zero attached hydrogens (tertiary/aromatic N) is 3. The van der Waals surface area contributed by atoms with Crippen LogP contribution >= 0.6 is 11.8 Å². The number of hydrogen-bond donors (Lipinski definition) is 1. The van der Waals surface area contributed by atoms with Crippen molar-refractivity contribution >= 4 is 23.4 Å². The van der Waals surface area contributed by atoms with Crippen molar-refractivity contribution in [2.24, 2.45) is 0 Å². The Morgan fingerprint density at radius 3 is 2.45 bits per heavy atom. The molecule has 5 nitrogen and oxygen atoms in total. The summed E-state index contributed by atoms with van der Waals surface area (Å²) in [5.74, 6) is 0.719. The number of carbonyl (C=O) groups excluding carboxylic acids is 1. The van der Waals surface area contributed by atoms with E-state index in [2.05, 4.69) is 41.5 Å². The number of halogens is 3. The number of carbonyl (C=O) groups is 1. The molecule has 0 saturated carbocycles. The normalized spacial score (nSPS) is 11.7. The maximum atomic E-state index is 12.8. The molecule has 0 spiro atoms. The van der Waals surface area contributed by atoms with Gasteiger partial charge in [-0.1, -0.05) is 55.9 Å². The summed E-state index contributed by atoms with van der Waals surface area (Å²) >= 11 is 1.19. The number of anilines is 1. The van der Waals surface area contributed by atoms with Crippen LogP contribution in [0.2, 0.25) is 0 Å². The van der Waals surface area contributed by atoms with E-state index in [0.29, 0.717) is 23.4 Å². The number of benzene rings is 2. The Hall–Kier alpha value is -2.81. The zero-order valence-corrected chi connectivity index (χ0v) is 18.2. The van der Waals surface area contributed by atoms with Crippen molar-refractivity contribution < 1.29 is 18.0 Å². The zero-order valence-electron chi connectivity index (χ0n) is 17.4. The van der Waals surface area contributed by atoms with Gasteiger partial charge in [0, 0.05) is 17.8 Å². The number of hydrogen-bond acceptors (Lipinski definition) is 4. The van der Waals surface area contributed by atoms with Gasteiger partial charge in [-0.25, -0.2) is 0 Å². The molecule has 0 atom stereocenters. The predicted octanol–water partition coefficient (Wildman–Crippen LogP) is 5.84. The quantitative estimate of drug-likeness (QED) is 0.462. The topological polar surface area (TPSA) is 59.8 Å². The van der Waals surface area contributed by atoms with Crippen molar-refractivity contribution in [3.8, 4) is 11.4 Å². The predicted molar refractivity (Wildman–Crippen MR) is 116 cm³/mol. The highest BCUT2D eigenvalue weighted by Gasteiger charge is 2.30. The Labute approximate surface area is 183 Å². The number of alkyl halides is 3. The van der Waals surface area contributed by atoms with Gasteiger partial charge < -0.3 is 9.88 Å². The second-order valence-corrected chi connectivity index (χ2v) is 8.19. The van der Waals surface area contributed by atoms with E-state index in [0.717, 1.165) is 17.7 Å². The Morgan fingerprint density at radius 1 is 1.13 bits per heavy atom. The minimum atomic E-state index is -4.46. The van der Waals surface area contributed by atoms with Gasteiger partial charge in [0.1, 0.15) is 0 Å². The van der Waals surface area contributed by atoms with Gasteiger partial charge in [0.2, 0.25) is 5.91 Å². The van der Waals surface area contributed by atoms with E-state index in [1.54, 1.807) is 0 Å². The lowest BCUT2D eigenvalue weighted by molar-refractivity contribution is -0.137. The second-order valence-electron chi connectivity index (χ2n) is 7.24. The van der Waals surface area contributed by atoms with Gasteiger partial charge in [-0.05, 0) is 36.6 Å². The highest BCUT2D eigenvalue weighted by atomic mass is 32.2. The summed E-state index contributed by atoms with van der Waals surface area (Å²) in [4.78, 5) is 12.3. The highest BCUT2D eigenvalue weighted by Crippen LogP contribution is 2.31. The third kappa shape index (κ3) is 5.66. The lowest BCUT2D eigenvalue weighted by atomic mass is 10.0. The van der Waals surface area contributed by atoms with Crippen molar-refractivity contribution in [2.75, 3.05) is 11.1 Å². The van der Waals surface area contributed by atoms with Crippen LogP contribution in [0.25, 0.3) is 11.4 Å². The first-order valence-corrected chi connectivity index (χ1v) is 10.8. The molecule has 0 aliphatic rings. The van der Waals surface area contributed by atoms with E-state index >= 15 is 0 Å². The number of thioether (sulfide) groups is 1. The molecule has 0 saturated heterocycles. The molecule has 0 fully saturated rings.